The maximum atomic E-state index is 11.2. The van der Waals surface area contributed by atoms with Gasteiger partial charge in [-0.1, -0.05) is 24.3 Å². The number of hydrogen-bond acceptors (Lipinski definition) is 6. The van der Waals surface area contributed by atoms with Crippen LogP contribution in [0.5, 0.6) is 5.75 Å². The van der Waals surface area contributed by atoms with Crippen molar-refractivity contribution in [3.63, 3.8) is 0 Å². The Labute approximate surface area is 163 Å². The van der Waals surface area contributed by atoms with Gasteiger partial charge in [0.15, 0.2) is 5.82 Å². The Bertz CT molecular complexity index is 999. The van der Waals surface area contributed by atoms with Crippen LogP contribution in [0.2, 0.25) is 0 Å². The molecule has 0 bridgehead atoms. The number of benzene rings is 1. The molecule has 2 N–H and O–H groups in total. The second-order valence-corrected chi connectivity index (χ2v) is 7.14. The molecule has 7 heteroatoms. The number of primary amides is 1. The molecular weight excluding hydrogens is 354 g/mol. The van der Waals surface area contributed by atoms with Crippen molar-refractivity contribution in [2.24, 2.45) is 11.7 Å². The van der Waals surface area contributed by atoms with Gasteiger partial charge in [0.25, 0.3) is 5.91 Å². The number of nitrogens with two attached hydrogens (primary N) is 1. The molecule has 0 spiro atoms. The van der Waals surface area contributed by atoms with Crippen LogP contribution in [0.15, 0.2) is 42.6 Å². The van der Waals surface area contributed by atoms with Crippen molar-refractivity contribution in [2.45, 2.75) is 19.8 Å². The number of carbonyl (C=O) groups excluding carboxylic acids is 1. The zero-order valence-corrected chi connectivity index (χ0v) is 15.8. The molecule has 1 aliphatic rings. The van der Waals surface area contributed by atoms with Crippen molar-refractivity contribution >= 4 is 22.5 Å². The second-order valence-electron chi connectivity index (χ2n) is 7.14. The molecule has 4 rings (SSSR count). The maximum Gasteiger partial charge on any atom is 0.267 e. The van der Waals surface area contributed by atoms with Gasteiger partial charge >= 0.3 is 0 Å². The minimum atomic E-state index is -0.551. The molecule has 0 atom stereocenters. The number of aryl methyl sites for hydroxylation is 1. The van der Waals surface area contributed by atoms with Gasteiger partial charge in [-0.2, -0.15) is 5.10 Å². The van der Waals surface area contributed by atoms with Crippen molar-refractivity contribution in [1.29, 1.82) is 0 Å². The average Bonchev–Trinajstić information content (AvgIpc) is 2.73. The van der Waals surface area contributed by atoms with E-state index in [1.165, 1.54) is 0 Å². The number of nitrogens with zero attached hydrogens (tertiary/aromatic N) is 4. The summed E-state index contributed by atoms with van der Waals surface area (Å²) in [5.74, 6) is 1.48. The van der Waals surface area contributed by atoms with Gasteiger partial charge in [0.1, 0.15) is 11.4 Å². The first-order valence-corrected chi connectivity index (χ1v) is 9.47. The van der Waals surface area contributed by atoms with Crippen LogP contribution in [-0.4, -0.2) is 40.8 Å². The minimum absolute atomic E-state index is 0.220. The standard InChI is InChI=1S/C21H23N5O2/c1-14-17-4-2-3-5-18(17)21(25-24-14)26-10-7-15(8-11-26)13-28-16-6-9-23-19(12-16)20(22)27/h2-6,9,12,15H,7-8,10-11,13H2,1H3,(H2,22,27). The molecule has 3 aromatic rings. The monoisotopic (exact) mass is 377 g/mol. The van der Waals surface area contributed by atoms with Crippen LogP contribution in [0.1, 0.15) is 29.0 Å². The first-order valence-electron chi connectivity index (χ1n) is 9.47. The lowest BCUT2D eigenvalue weighted by Crippen LogP contribution is -2.36. The number of anilines is 1. The Morgan fingerprint density at radius 2 is 1.93 bits per heavy atom. The van der Waals surface area contributed by atoms with E-state index in [0.717, 1.165) is 48.2 Å². The fraction of sp³-hybridized carbons (Fsp3) is 0.333. The van der Waals surface area contributed by atoms with Crippen LogP contribution in [0.3, 0.4) is 0 Å². The van der Waals surface area contributed by atoms with Crippen LogP contribution in [0.25, 0.3) is 10.8 Å². The van der Waals surface area contributed by atoms with Crippen LogP contribution in [0.4, 0.5) is 5.82 Å². The lowest BCUT2D eigenvalue weighted by Gasteiger charge is -2.33. The number of aromatic nitrogens is 3. The van der Waals surface area contributed by atoms with Gasteiger partial charge < -0.3 is 15.4 Å². The second kappa shape index (κ2) is 7.80. The van der Waals surface area contributed by atoms with Gasteiger partial charge in [0.2, 0.25) is 0 Å². The highest BCUT2D eigenvalue weighted by molar-refractivity contribution is 5.93. The van der Waals surface area contributed by atoms with Gasteiger partial charge in [-0.15, -0.1) is 5.10 Å². The zero-order valence-electron chi connectivity index (χ0n) is 15.8. The van der Waals surface area contributed by atoms with E-state index in [1.54, 1.807) is 18.3 Å². The molecule has 3 heterocycles. The van der Waals surface area contributed by atoms with E-state index < -0.39 is 5.91 Å². The third kappa shape index (κ3) is 3.74. The Morgan fingerprint density at radius 3 is 2.68 bits per heavy atom. The number of amides is 1. The summed E-state index contributed by atoms with van der Waals surface area (Å²) >= 11 is 0. The van der Waals surface area contributed by atoms with E-state index in [2.05, 4.69) is 32.2 Å². The molecule has 28 heavy (non-hydrogen) atoms. The van der Waals surface area contributed by atoms with E-state index in [0.29, 0.717) is 18.3 Å². The molecule has 1 amide bonds. The molecule has 1 fully saturated rings. The van der Waals surface area contributed by atoms with Crippen molar-refractivity contribution in [2.75, 3.05) is 24.6 Å². The topological polar surface area (TPSA) is 94.2 Å². The first kappa shape index (κ1) is 18.2. The Kier molecular flexibility index (Phi) is 5.06. The number of rotatable bonds is 5. The molecule has 0 saturated carbocycles. The van der Waals surface area contributed by atoms with Gasteiger partial charge in [-0.05, 0) is 31.7 Å². The smallest absolute Gasteiger partial charge is 0.267 e. The van der Waals surface area contributed by atoms with Crippen LogP contribution >= 0.6 is 0 Å². The normalized spacial score (nSPS) is 15.0. The average molecular weight is 377 g/mol. The predicted molar refractivity (Wildman–Crippen MR) is 107 cm³/mol. The summed E-state index contributed by atoms with van der Waals surface area (Å²) in [6.45, 7) is 4.43. The Hall–Kier alpha value is -3.22. The van der Waals surface area contributed by atoms with E-state index in [-0.39, 0.29) is 5.69 Å². The highest BCUT2D eigenvalue weighted by Gasteiger charge is 2.23. The van der Waals surface area contributed by atoms with Crippen LogP contribution < -0.4 is 15.4 Å². The quantitative estimate of drug-likeness (QED) is 0.735. The summed E-state index contributed by atoms with van der Waals surface area (Å²) in [4.78, 5) is 17.5. The summed E-state index contributed by atoms with van der Waals surface area (Å²) in [6.07, 6.45) is 3.56. The largest absolute Gasteiger partial charge is 0.493 e. The van der Waals surface area contributed by atoms with Crippen molar-refractivity contribution in [1.82, 2.24) is 15.2 Å². The van der Waals surface area contributed by atoms with Crippen LogP contribution in [-0.2, 0) is 0 Å². The molecule has 0 radical (unpaired) electrons. The Balaban J connectivity index is 1.38. The van der Waals surface area contributed by atoms with Gasteiger partial charge in [-0.3, -0.25) is 9.78 Å². The Morgan fingerprint density at radius 1 is 1.18 bits per heavy atom. The summed E-state index contributed by atoms with van der Waals surface area (Å²) < 4.78 is 5.87. The molecule has 1 saturated heterocycles. The summed E-state index contributed by atoms with van der Waals surface area (Å²) in [6, 6.07) is 11.6. The fourth-order valence-electron chi connectivity index (χ4n) is 3.62. The predicted octanol–water partition coefficient (Wildman–Crippen LogP) is 2.73. The van der Waals surface area contributed by atoms with Crippen molar-refractivity contribution < 1.29 is 9.53 Å². The molecule has 1 aliphatic heterocycles. The number of carbonyl (C=O) groups is 1. The summed E-state index contributed by atoms with van der Waals surface area (Å²) in [5.41, 5.74) is 6.44. The van der Waals surface area contributed by atoms with Crippen molar-refractivity contribution in [3.8, 4) is 5.75 Å². The number of ether oxygens (including phenoxy) is 1. The molecule has 2 aromatic heterocycles. The molecule has 144 valence electrons. The number of hydrogen-bond donors (Lipinski definition) is 1. The molecule has 7 nitrogen and oxygen atoms in total. The SMILES string of the molecule is Cc1nnc(N2CCC(COc3ccnc(C(N)=O)c3)CC2)c2ccccc12. The fourth-order valence-corrected chi connectivity index (χ4v) is 3.62. The first-order chi connectivity index (χ1) is 13.6. The number of fused-ring (bicyclic) bond motifs is 1. The highest BCUT2D eigenvalue weighted by Crippen LogP contribution is 2.29. The maximum absolute atomic E-state index is 11.2. The lowest BCUT2D eigenvalue weighted by atomic mass is 9.97. The lowest BCUT2D eigenvalue weighted by molar-refractivity contribution is 0.0995. The van der Waals surface area contributed by atoms with E-state index in [4.69, 9.17) is 10.5 Å². The van der Waals surface area contributed by atoms with E-state index in [1.807, 2.05) is 19.1 Å². The van der Waals surface area contributed by atoms with Gasteiger partial charge in [0, 0.05) is 36.1 Å². The highest BCUT2D eigenvalue weighted by atomic mass is 16.5. The summed E-state index contributed by atoms with van der Waals surface area (Å²) in [7, 11) is 0. The third-order valence-corrected chi connectivity index (χ3v) is 5.24. The molecular formula is C21H23N5O2. The van der Waals surface area contributed by atoms with Crippen LogP contribution in [0, 0.1) is 12.8 Å². The van der Waals surface area contributed by atoms with Crippen molar-refractivity contribution in [3.05, 3.63) is 54.0 Å². The molecule has 1 aromatic carbocycles. The number of pyridine rings is 1. The van der Waals surface area contributed by atoms with Gasteiger partial charge in [-0.25, -0.2) is 0 Å². The molecule has 0 unspecified atom stereocenters. The zero-order chi connectivity index (χ0) is 19.5. The summed E-state index contributed by atoms with van der Waals surface area (Å²) in [5, 5.41) is 11.1. The third-order valence-electron chi connectivity index (χ3n) is 5.24. The number of piperidine rings is 1. The minimum Gasteiger partial charge on any atom is -0.493 e. The van der Waals surface area contributed by atoms with Gasteiger partial charge in [0.05, 0.1) is 12.3 Å². The molecule has 0 aliphatic carbocycles. The van der Waals surface area contributed by atoms with E-state index >= 15 is 0 Å². The van der Waals surface area contributed by atoms with E-state index in [9.17, 15) is 4.79 Å².